The van der Waals surface area contributed by atoms with E-state index in [1.165, 1.54) is 24.7 Å². The summed E-state index contributed by atoms with van der Waals surface area (Å²) < 4.78 is 16.9. The Morgan fingerprint density at radius 2 is 1.86 bits per heavy atom. The fraction of sp³-hybridized carbons (Fsp3) is 0.259. The quantitative estimate of drug-likeness (QED) is 0.166. The smallest absolute Gasteiger partial charge is 0.412 e. The number of fused-ring (bicyclic) bond motifs is 1. The first-order valence-electron chi connectivity index (χ1n) is 11.5. The van der Waals surface area contributed by atoms with Crippen LogP contribution in [-0.2, 0) is 14.3 Å². The molecule has 3 aromatic carbocycles. The highest BCUT2D eigenvalue weighted by Gasteiger charge is 2.28. The highest BCUT2D eigenvalue weighted by atomic mass is 16.6. The van der Waals surface area contributed by atoms with Gasteiger partial charge in [-0.1, -0.05) is 48.5 Å². The second kappa shape index (κ2) is 13.1. The fourth-order valence-corrected chi connectivity index (χ4v) is 3.86. The van der Waals surface area contributed by atoms with Crippen LogP contribution < -0.4 is 15.5 Å². The first kappa shape index (κ1) is 26.5. The Labute approximate surface area is 209 Å². The van der Waals surface area contributed by atoms with Gasteiger partial charge in [-0.05, 0) is 48.9 Å². The van der Waals surface area contributed by atoms with Crippen LogP contribution in [0.25, 0.3) is 10.8 Å². The summed E-state index contributed by atoms with van der Waals surface area (Å²) in [4.78, 5) is 24.3. The Bertz CT molecular complexity index is 1210. The number of nitrogens with one attached hydrogen (secondary N) is 2. The van der Waals surface area contributed by atoms with Gasteiger partial charge < -0.3 is 19.3 Å². The summed E-state index contributed by atoms with van der Waals surface area (Å²) in [5, 5.41) is 23.6. The maximum atomic E-state index is 13.0. The molecule has 9 nitrogen and oxygen atoms in total. The average Bonchev–Trinajstić information content (AvgIpc) is 2.89. The van der Waals surface area contributed by atoms with Gasteiger partial charge in [0, 0.05) is 18.1 Å². The molecule has 0 bridgehead atoms. The molecule has 4 N–H and O–H groups in total. The van der Waals surface area contributed by atoms with E-state index < -0.39 is 24.2 Å². The van der Waals surface area contributed by atoms with Crippen molar-refractivity contribution in [2.45, 2.75) is 32.0 Å². The maximum Gasteiger partial charge on any atom is 0.412 e. The summed E-state index contributed by atoms with van der Waals surface area (Å²) in [7, 11) is 1.44. The van der Waals surface area contributed by atoms with Gasteiger partial charge in [-0.15, -0.1) is 0 Å². The van der Waals surface area contributed by atoms with Crippen LogP contribution >= 0.6 is 0 Å². The van der Waals surface area contributed by atoms with Gasteiger partial charge in [0.05, 0.1) is 18.9 Å². The molecule has 2 amide bonds. The SMILES string of the molecule is CCO[C@H](CC/C=C/C(=O)NO)[C@H](OC(=O)Nc1cccc2ccccc12)c1ccc(OC)c(O)c1. The average molecular weight is 495 g/mol. The van der Waals surface area contributed by atoms with Crippen LogP contribution in [0.3, 0.4) is 0 Å². The molecule has 0 radical (unpaired) electrons. The number of hydrogen-bond acceptors (Lipinski definition) is 7. The van der Waals surface area contributed by atoms with Gasteiger partial charge >= 0.3 is 6.09 Å². The number of rotatable bonds is 11. The van der Waals surface area contributed by atoms with Crippen LogP contribution in [-0.4, -0.2) is 42.1 Å². The molecule has 0 saturated heterocycles. The lowest BCUT2D eigenvalue weighted by Gasteiger charge is -2.27. The van der Waals surface area contributed by atoms with Crippen LogP contribution in [0, 0.1) is 0 Å². The summed E-state index contributed by atoms with van der Waals surface area (Å²) in [6.45, 7) is 2.17. The number of aromatic hydroxyl groups is 1. The second-order valence-electron chi connectivity index (χ2n) is 7.86. The second-order valence-corrected chi connectivity index (χ2v) is 7.86. The summed E-state index contributed by atoms with van der Waals surface area (Å²) in [5.74, 6) is -0.471. The Morgan fingerprint density at radius 3 is 2.58 bits per heavy atom. The zero-order valence-electron chi connectivity index (χ0n) is 20.1. The van der Waals surface area contributed by atoms with Gasteiger partial charge in [-0.25, -0.2) is 10.3 Å². The van der Waals surface area contributed by atoms with Gasteiger partial charge in [0.1, 0.15) is 0 Å². The van der Waals surface area contributed by atoms with Crippen molar-refractivity contribution in [1.82, 2.24) is 5.48 Å². The molecule has 0 spiro atoms. The molecular weight excluding hydrogens is 464 g/mol. The van der Waals surface area contributed by atoms with E-state index in [0.29, 0.717) is 30.7 Å². The summed E-state index contributed by atoms with van der Waals surface area (Å²) in [5.41, 5.74) is 2.64. The first-order chi connectivity index (χ1) is 17.5. The van der Waals surface area contributed by atoms with Crippen molar-refractivity contribution in [2.24, 2.45) is 0 Å². The summed E-state index contributed by atoms with van der Waals surface area (Å²) >= 11 is 0. The van der Waals surface area contributed by atoms with Crippen molar-refractivity contribution >= 4 is 28.5 Å². The van der Waals surface area contributed by atoms with E-state index in [2.05, 4.69) is 5.32 Å². The molecule has 36 heavy (non-hydrogen) atoms. The number of carbonyl (C=O) groups excluding carboxylic acids is 2. The number of carbonyl (C=O) groups is 2. The van der Waals surface area contributed by atoms with E-state index >= 15 is 0 Å². The molecule has 0 aliphatic heterocycles. The van der Waals surface area contributed by atoms with Crippen molar-refractivity contribution in [3.05, 3.63) is 78.4 Å². The number of benzene rings is 3. The minimum Gasteiger partial charge on any atom is -0.504 e. The predicted molar refractivity (Wildman–Crippen MR) is 135 cm³/mol. The highest BCUT2D eigenvalue weighted by molar-refractivity contribution is 6.00. The van der Waals surface area contributed by atoms with Crippen LogP contribution in [0.4, 0.5) is 10.5 Å². The Morgan fingerprint density at radius 1 is 1.08 bits per heavy atom. The molecule has 0 aliphatic carbocycles. The number of allylic oxidation sites excluding steroid dienone is 1. The molecule has 0 saturated carbocycles. The van der Waals surface area contributed by atoms with Crippen molar-refractivity contribution in [2.75, 3.05) is 19.0 Å². The van der Waals surface area contributed by atoms with Gasteiger partial charge in [0.15, 0.2) is 17.6 Å². The number of amides is 2. The van der Waals surface area contributed by atoms with E-state index in [-0.39, 0.29) is 11.5 Å². The molecule has 3 aromatic rings. The Kier molecular flexibility index (Phi) is 9.67. The molecular formula is C27H30N2O7. The predicted octanol–water partition coefficient (Wildman–Crippen LogP) is 5.09. The van der Waals surface area contributed by atoms with Crippen LogP contribution in [0.15, 0.2) is 72.8 Å². The van der Waals surface area contributed by atoms with E-state index in [0.717, 1.165) is 10.8 Å². The topological polar surface area (TPSA) is 126 Å². The molecule has 3 rings (SSSR count). The normalized spacial score (nSPS) is 12.8. The lowest BCUT2D eigenvalue weighted by atomic mass is 9.99. The third-order valence-corrected chi connectivity index (χ3v) is 5.51. The third-order valence-electron chi connectivity index (χ3n) is 5.51. The lowest BCUT2D eigenvalue weighted by Crippen LogP contribution is -2.29. The molecule has 0 aliphatic rings. The summed E-state index contributed by atoms with van der Waals surface area (Å²) in [6.07, 6.45) is 1.42. The van der Waals surface area contributed by atoms with Gasteiger partial charge in [0.25, 0.3) is 5.91 Å². The number of methoxy groups -OCH3 is 1. The molecule has 0 aromatic heterocycles. The molecule has 190 valence electrons. The number of hydroxylamine groups is 1. The monoisotopic (exact) mass is 494 g/mol. The van der Waals surface area contributed by atoms with Crippen molar-refractivity contribution in [3.8, 4) is 11.5 Å². The number of anilines is 1. The van der Waals surface area contributed by atoms with Crippen molar-refractivity contribution in [1.29, 1.82) is 0 Å². The van der Waals surface area contributed by atoms with E-state index in [9.17, 15) is 14.7 Å². The number of hydrogen-bond donors (Lipinski definition) is 4. The number of phenols is 1. The van der Waals surface area contributed by atoms with Crippen LogP contribution in [0.5, 0.6) is 11.5 Å². The zero-order chi connectivity index (χ0) is 25.9. The maximum absolute atomic E-state index is 13.0. The van der Waals surface area contributed by atoms with Gasteiger partial charge in [0.2, 0.25) is 0 Å². The Balaban J connectivity index is 1.86. The van der Waals surface area contributed by atoms with Crippen LogP contribution in [0.1, 0.15) is 31.4 Å². The molecule has 2 atom stereocenters. The largest absolute Gasteiger partial charge is 0.504 e. The minimum atomic E-state index is -0.878. The van der Waals surface area contributed by atoms with Crippen molar-refractivity contribution < 1.29 is 34.1 Å². The molecule has 9 heteroatoms. The fourth-order valence-electron chi connectivity index (χ4n) is 3.86. The highest BCUT2D eigenvalue weighted by Crippen LogP contribution is 2.34. The third kappa shape index (κ3) is 6.97. The zero-order valence-corrected chi connectivity index (χ0v) is 20.1. The molecule has 0 unspecified atom stereocenters. The van der Waals surface area contributed by atoms with Crippen LogP contribution in [0.2, 0.25) is 0 Å². The van der Waals surface area contributed by atoms with Crippen molar-refractivity contribution in [3.63, 3.8) is 0 Å². The lowest BCUT2D eigenvalue weighted by molar-refractivity contribution is -0.124. The van der Waals surface area contributed by atoms with E-state index in [1.54, 1.807) is 24.3 Å². The summed E-state index contributed by atoms with van der Waals surface area (Å²) in [6, 6.07) is 18.0. The molecule has 0 heterocycles. The number of ether oxygens (including phenoxy) is 3. The van der Waals surface area contributed by atoms with Gasteiger partial charge in [-0.2, -0.15) is 0 Å². The molecule has 0 fully saturated rings. The van der Waals surface area contributed by atoms with E-state index in [4.69, 9.17) is 19.4 Å². The van der Waals surface area contributed by atoms with E-state index in [1.807, 2.05) is 43.3 Å². The first-order valence-corrected chi connectivity index (χ1v) is 11.5. The van der Waals surface area contributed by atoms with Gasteiger partial charge in [-0.3, -0.25) is 15.3 Å². The minimum absolute atomic E-state index is 0.104. The number of phenolic OH excluding ortho intramolecular Hbond substituents is 1. The standard InChI is InChI=1S/C27H30N2O7/c1-3-35-24(13-6-7-14-25(31)29-33)26(19-15-16-23(34-2)22(30)17-19)36-27(32)28-21-12-8-10-18-9-4-5-11-20(18)21/h4-5,7-12,14-17,24,26,30,33H,3,6,13H2,1-2H3,(H,28,32)(H,29,31)/b14-7+/t24-,26-/m1/s1. The Hall–Kier alpha value is -4.08.